The van der Waals surface area contributed by atoms with Crippen molar-refractivity contribution in [2.24, 2.45) is 0 Å². The maximum atomic E-state index is 13.2. The Morgan fingerprint density at radius 3 is 2.38 bits per heavy atom. The highest BCUT2D eigenvalue weighted by molar-refractivity contribution is 6.46. The van der Waals surface area contributed by atoms with Gasteiger partial charge in [0.2, 0.25) is 0 Å². The number of ether oxygens (including phenoxy) is 3. The first kappa shape index (κ1) is 23.8. The molecule has 0 bridgehead atoms. The minimum Gasteiger partial charge on any atom is -0.507 e. The third-order valence-electron chi connectivity index (χ3n) is 6.27. The van der Waals surface area contributed by atoms with E-state index in [9.17, 15) is 14.7 Å². The van der Waals surface area contributed by atoms with Crippen LogP contribution < -0.4 is 9.47 Å². The Hall–Kier alpha value is -3.36. The van der Waals surface area contributed by atoms with Crippen molar-refractivity contribution < 1.29 is 28.9 Å². The number of amides is 1. The van der Waals surface area contributed by atoms with Crippen molar-refractivity contribution in [2.75, 3.05) is 53.6 Å². The molecule has 8 nitrogen and oxygen atoms in total. The molecule has 2 fully saturated rings. The van der Waals surface area contributed by atoms with Crippen LogP contribution in [-0.4, -0.2) is 80.2 Å². The van der Waals surface area contributed by atoms with Gasteiger partial charge in [-0.1, -0.05) is 24.3 Å². The molecular formula is C26H30N2O6. The number of benzene rings is 2. The highest BCUT2D eigenvalue weighted by atomic mass is 16.5. The van der Waals surface area contributed by atoms with Crippen LogP contribution in [-0.2, 0) is 14.3 Å². The number of morpholine rings is 1. The van der Waals surface area contributed by atoms with Crippen molar-refractivity contribution in [1.29, 1.82) is 0 Å². The van der Waals surface area contributed by atoms with Gasteiger partial charge in [0, 0.05) is 31.7 Å². The fourth-order valence-electron chi connectivity index (χ4n) is 4.48. The Kier molecular flexibility index (Phi) is 7.49. The summed E-state index contributed by atoms with van der Waals surface area (Å²) < 4.78 is 16.0. The average Bonchev–Trinajstić information content (AvgIpc) is 3.14. The monoisotopic (exact) mass is 466 g/mol. The Labute approximate surface area is 199 Å². The molecule has 2 aromatic carbocycles. The Morgan fingerprint density at radius 1 is 1.00 bits per heavy atom. The number of carbonyl (C=O) groups excluding carboxylic acids is 2. The smallest absolute Gasteiger partial charge is 0.295 e. The molecule has 2 saturated heterocycles. The summed E-state index contributed by atoms with van der Waals surface area (Å²) in [5.74, 6) is -0.376. The van der Waals surface area contributed by atoms with Crippen molar-refractivity contribution in [3.63, 3.8) is 0 Å². The molecule has 0 saturated carbocycles. The molecule has 8 heteroatoms. The first-order valence-electron chi connectivity index (χ1n) is 11.4. The fraction of sp³-hybridized carbons (Fsp3) is 0.385. The largest absolute Gasteiger partial charge is 0.507 e. The van der Waals surface area contributed by atoms with Gasteiger partial charge >= 0.3 is 0 Å². The van der Waals surface area contributed by atoms with Gasteiger partial charge in [-0.2, -0.15) is 0 Å². The lowest BCUT2D eigenvalue weighted by Crippen LogP contribution is -2.38. The second-order valence-electron chi connectivity index (χ2n) is 8.31. The van der Waals surface area contributed by atoms with E-state index in [4.69, 9.17) is 14.2 Å². The lowest BCUT2D eigenvalue weighted by Gasteiger charge is -2.29. The molecule has 0 aliphatic carbocycles. The summed E-state index contributed by atoms with van der Waals surface area (Å²) in [5.41, 5.74) is 1.19. The molecule has 34 heavy (non-hydrogen) atoms. The van der Waals surface area contributed by atoms with Gasteiger partial charge in [-0.25, -0.2) is 0 Å². The van der Waals surface area contributed by atoms with Gasteiger partial charge in [0.25, 0.3) is 11.7 Å². The van der Waals surface area contributed by atoms with E-state index in [0.717, 1.165) is 19.6 Å². The third-order valence-corrected chi connectivity index (χ3v) is 6.27. The number of Topliss-reactive ketones (excluding diaryl/α,β-unsaturated/α-hetero) is 1. The summed E-state index contributed by atoms with van der Waals surface area (Å²) in [6.07, 6.45) is 0.701. The zero-order valence-electron chi connectivity index (χ0n) is 19.5. The summed E-state index contributed by atoms with van der Waals surface area (Å²) >= 11 is 0. The van der Waals surface area contributed by atoms with Crippen molar-refractivity contribution in [2.45, 2.75) is 12.5 Å². The number of methoxy groups -OCH3 is 2. The predicted molar refractivity (Wildman–Crippen MR) is 127 cm³/mol. The molecule has 1 N–H and O–H groups in total. The SMILES string of the molecule is COc1cccc(C(O)=C2C(=O)C(=O)N(CCCN3CCOCC3)[C@@H]2c2cccc(OC)c2)c1. The maximum absolute atomic E-state index is 13.2. The van der Waals surface area contributed by atoms with Crippen LogP contribution in [0.25, 0.3) is 5.76 Å². The van der Waals surface area contributed by atoms with Crippen LogP contribution in [0.3, 0.4) is 0 Å². The van der Waals surface area contributed by atoms with Gasteiger partial charge in [-0.15, -0.1) is 0 Å². The number of nitrogens with zero attached hydrogens (tertiary/aromatic N) is 2. The van der Waals surface area contributed by atoms with Crippen molar-refractivity contribution in [3.05, 3.63) is 65.2 Å². The highest BCUT2D eigenvalue weighted by Gasteiger charge is 2.46. The third kappa shape index (κ3) is 4.93. The zero-order chi connectivity index (χ0) is 24.1. The minimum atomic E-state index is -0.717. The molecule has 1 atom stereocenters. The molecule has 2 aliphatic rings. The molecule has 0 aromatic heterocycles. The number of carbonyl (C=O) groups is 2. The predicted octanol–water partition coefficient (Wildman–Crippen LogP) is 2.85. The van der Waals surface area contributed by atoms with E-state index in [0.29, 0.717) is 48.8 Å². The van der Waals surface area contributed by atoms with E-state index in [1.807, 2.05) is 12.1 Å². The lowest BCUT2D eigenvalue weighted by molar-refractivity contribution is -0.140. The molecule has 2 aliphatic heterocycles. The van der Waals surface area contributed by atoms with E-state index in [1.165, 1.54) is 7.11 Å². The van der Waals surface area contributed by atoms with Gasteiger partial charge in [-0.05, 0) is 36.2 Å². The molecule has 2 heterocycles. The molecule has 2 aromatic rings. The van der Waals surface area contributed by atoms with E-state index in [1.54, 1.807) is 48.4 Å². The maximum Gasteiger partial charge on any atom is 0.295 e. The van der Waals surface area contributed by atoms with E-state index in [-0.39, 0.29) is 11.3 Å². The first-order chi connectivity index (χ1) is 16.5. The van der Waals surface area contributed by atoms with Crippen LogP contribution in [0.1, 0.15) is 23.6 Å². The van der Waals surface area contributed by atoms with E-state index in [2.05, 4.69) is 4.90 Å². The second kappa shape index (κ2) is 10.7. The standard InChI is InChI=1S/C26H30N2O6/c1-32-20-8-3-6-18(16-20)23-22(24(29)19-7-4-9-21(17-19)33-2)25(30)26(31)28(23)11-5-10-27-12-14-34-15-13-27/h3-4,6-9,16-17,23,29H,5,10-15H2,1-2H3/t23-/m1/s1. The van der Waals surface area contributed by atoms with Crippen molar-refractivity contribution in [3.8, 4) is 11.5 Å². The lowest BCUT2D eigenvalue weighted by atomic mass is 9.95. The second-order valence-corrected chi connectivity index (χ2v) is 8.31. The van der Waals surface area contributed by atoms with Crippen LogP contribution in [0.15, 0.2) is 54.1 Å². The number of aliphatic hydroxyl groups excluding tert-OH is 1. The summed E-state index contributed by atoms with van der Waals surface area (Å²) in [6, 6.07) is 13.3. The van der Waals surface area contributed by atoms with Gasteiger partial charge in [0.15, 0.2) is 0 Å². The number of rotatable bonds is 8. The summed E-state index contributed by atoms with van der Waals surface area (Å²) in [6.45, 7) is 4.30. The molecule has 1 amide bonds. The average molecular weight is 467 g/mol. The van der Waals surface area contributed by atoms with Crippen LogP contribution in [0.5, 0.6) is 11.5 Å². The molecule has 0 spiro atoms. The van der Waals surface area contributed by atoms with Gasteiger partial charge in [0.05, 0.1) is 39.0 Å². The summed E-state index contributed by atoms with van der Waals surface area (Å²) in [7, 11) is 3.09. The number of aliphatic hydroxyl groups is 1. The van der Waals surface area contributed by atoms with Crippen molar-refractivity contribution >= 4 is 17.4 Å². The molecule has 4 rings (SSSR count). The summed E-state index contributed by atoms with van der Waals surface area (Å²) in [5, 5.41) is 11.2. The van der Waals surface area contributed by atoms with Crippen molar-refractivity contribution in [1.82, 2.24) is 9.80 Å². The normalized spacial score (nSPS) is 20.5. The number of hydrogen-bond acceptors (Lipinski definition) is 7. The topological polar surface area (TPSA) is 88.5 Å². The molecule has 0 radical (unpaired) electrons. The fourth-order valence-corrected chi connectivity index (χ4v) is 4.48. The van der Waals surface area contributed by atoms with Crippen LogP contribution >= 0.6 is 0 Å². The van der Waals surface area contributed by atoms with E-state index < -0.39 is 17.7 Å². The van der Waals surface area contributed by atoms with Gasteiger partial charge in [-0.3, -0.25) is 14.5 Å². The highest BCUT2D eigenvalue weighted by Crippen LogP contribution is 2.40. The Morgan fingerprint density at radius 2 is 1.68 bits per heavy atom. The zero-order valence-corrected chi connectivity index (χ0v) is 19.5. The van der Waals surface area contributed by atoms with Crippen LogP contribution in [0.2, 0.25) is 0 Å². The number of hydrogen-bond donors (Lipinski definition) is 1. The van der Waals surface area contributed by atoms with Crippen LogP contribution in [0.4, 0.5) is 0 Å². The number of ketones is 1. The molecular weight excluding hydrogens is 436 g/mol. The number of likely N-dealkylation sites (tertiary alicyclic amines) is 1. The Balaban J connectivity index is 1.70. The van der Waals surface area contributed by atoms with E-state index >= 15 is 0 Å². The molecule has 0 unspecified atom stereocenters. The summed E-state index contributed by atoms with van der Waals surface area (Å²) in [4.78, 5) is 30.2. The van der Waals surface area contributed by atoms with Gasteiger partial charge < -0.3 is 24.2 Å². The quantitative estimate of drug-likeness (QED) is 0.364. The van der Waals surface area contributed by atoms with Crippen LogP contribution in [0, 0.1) is 0 Å². The Bertz CT molecular complexity index is 1080. The minimum absolute atomic E-state index is 0.0675. The molecule has 180 valence electrons. The van der Waals surface area contributed by atoms with Gasteiger partial charge in [0.1, 0.15) is 17.3 Å². The first-order valence-corrected chi connectivity index (χ1v) is 11.4.